The first-order chi connectivity index (χ1) is 13.9. The molecule has 3 aromatic rings. The average molecular weight is 416 g/mol. The van der Waals surface area contributed by atoms with Crippen LogP contribution >= 0.6 is 0 Å². The molecule has 3 heterocycles. The van der Waals surface area contributed by atoms with Gasteiger partial charge in [0.05, 0.1) is 22.4 Å². The van der Waals surface area contributed by atoms with E-state index in [1.807, 2.05) is 0 Å². The van der Waals surface area contributed by atoms with Crippen molar-refractivity contribution in [1.29, 1.82) is 0 Å². The van der Waals surface area contributed by atoms with Crippen molar-refractivity contribution in [3.63, 3.8) is 0 Å². The second-order valence-electron chi connectivity index (χ2n) is 7.03. The molecule has 0 N–H and O–H groups in total. The van der Waals surface area contributed by atoms with Gasteiger partial charge in [-0.05, 0) is 0 Å². The Hall–Kier alpha value is -3.96. The van der Waals surface area contributed by atoms with Crippen LogP contribution in [-0.4, -0.2) is 27.4 Å². The van der Waals surface area contributed by atoms with Gasteiger partial charge in [0.15, 0.2) is 0 Å². The fraction of sp³-hybridized carbons (Fsp3) is 0.333. The van der Waals surface area contributed by atoms with E-state index in [9.17, 15) is 28.8 Å². The molecule has 158 valence electrons. The minimum absolute atomic E-state index is 0.122. The number of hydrogen-bond donors (Lipinski definition) is 0. The van der Waals surface area contributed by atoms with Crippen LogP contribution < -0.4 is 33.7 Å². The maximum Gasteiger partial charge on any atom is 0.330 e. The van der Waals surface area contributed by atoms with Crippen molar-refractivity contribution in [2.24, 2.45) is 42.3 Å². The number of nitrogens with zero attached hydrogens (tertiary/aromatic N) is 6. The van der Waals surface area contributed by atoms with Crippen molar-refractivity contribution in [3.8, 4) is 22.4 Å². The first-order valence-electron chi connectivity index (χ1n) is 8.74. The van der Waals surface area contributed by atoms with Gasteiger partial charge in [-0.2, -0.15) is 0 Å². The molecular weight excluding hydrogens is 396 g/mol. The smallest absolute Gasteiger partial charge is 0.303 e. The molecule has 0 spiro atoms. The summed E-state index contributed by atoms with van der Waals surface area (Å²) in [6, 6.07) is 0. The van der Waals surface area contributed by atoms with Gasteiger partial charge in [-0.3, -0.25) is 32.7 Å². The molecule has 12 heteroatoms. The zero-order valence-electron chi connectivity index (χ0n) is 17.3. The molecule has 0 aliphatic heterocycles. The highest BCUT2D eigenvalue weighted by molar-refractivity contribution is 5.79. The molecule has 0 aliphatic carbocycles. The van der Waals surface area contributed by atoms with Gasteiger partial charge in [0, 0.05) is 54.7 Å². The Kier molecular flexibility index (Phi) is 4.73. The van der Waals surface area contributed by atoms with Crippen LogP contribution in [0, 0.1) is 0 Å². The van der Waals surface area contributed by atoms with Gasteiger partial charge >= 0.3 is 17.1 Å². The van der Waals surface area contributed by atoms with Gasteiger partial charge in [0.1, 0.15) is 0 Å². The summed E-state index contributed by atoms with van der Waals surface area (Å²) in [5, 5.41) is 0. The first kappa shape index (κ1) is 20.8. The predicted molar refractivity (Wildman–Crippen MR) is 109 cm³/mol. The standard InChI is InChI=1S/C18H20N6O6/c1-19-7-9(13(25)22(4)16(19)28)11-12(21(3)18(30)24(6)15(11)27)10-8-20(2)17(29)23(5)14(10)26/h7-8H,1-6H3. The van der Waals surface area contributed by atoms with Crippen LogP contribution in [0.1, 0.15) is 0 Å². The van der Waals surface area contributed by atoms with Crippen molar-refractivity contribution in [2.75, 3.05) is 0 Å². The van der Waals surface area contributed by atoms with E-state index in [-0.39, 0.29) is 22.4 Å². The molecule has 0 amide bonds. The van der Waals surface area contributed by atoms with Gasteiger partial charge in [-0.15, -0.1) is 0 Å². The molecule has 30 heavy (non-hydrogen) atoms. The molecule has 0 saturated heterocycles. The monoisotopic (exact) mass is 416 g/mol. The summed E-state index contributed by atoms with van der Waals surface area (Å²) >= 11 is 0. The SMILES string of the molecule is Cn1cc(-c2c(-c3cn(C)c(=O)n(C)c3=O)n(C)c(=O)n(C)c2=O)c(=O)n(C)c1=O. The summed E-state index contributed by atoms with van der Waals surface area (Å²) in [4.78, 5) is 75.5. The topological polar surface area (TPSA) is 132 Å². The highest BCUT2D eigenvalue weighted by atomic mass is 16.2. The molecule has 0 aliphatic rings. The number of hydrogen-bond acceptors (Lipinski definition) is 6. The Morgan fingerprint density at radius 1 is 0.500 bits per heavy atom. The first-order valence-corrected chi connectivity index (χ1v) is 8.74. The molecule has 0 aromatic carbocycles. The Morgan fingerprint density at radius 3 is 1.40 bits per heavy atom. The van der Waals surface area contributed by atoms with Crippen LogP contribution in [0.15, 0.2) is 41.2 Å². The lowest BCUT2D eigenvalue weighted by Gasteiger charge is -2.17. The Morgan fingerprint density at radius 2 is 0.900 bits per heavy atom. The van der Waals surface area contributed by atoms with E-state index >= 15 is 0 Å². The van der Waals surface area contributed by atoms with Gasteiger partial charge in [-0.1, -0.05) is 0 Å². The largest absolute Gasteiger partial charge is 0.330 e. The number of aromatic nitrogens is 6. The van der Waals surface area contributed by atoms with Crippen molar-refractivity contribution < 1.29 is 0 Å². The second kappa shape index (κ2) is 6.83. The van der Waals surface area contributed by atoms with Crippen molar-refractivity contribution in [1.82, 2.24) is 27.4 Å². The Labute approximate surface area is 167 Å². The highest BCUT2D eigenvalue weighted by Crippen LogP contribution is 2.23. The molecule has 0 saturated carbocycles. The summed E-state index contributed by atoms with van der Waals surface area (Å²) in [7, 11) is 7.92. The van der Waals surface area contributed by atoms with Gasteiger partial charge in [-0.25, -0.2) is 14.4 Å². The molecule has 0 fully saturated rings. The van der Waals surface area contributed by atoms with E-state index in [1.54, 1.807) is 0 Å². The maximum atomic E-state index is 13.1. The molecule has 12 nitrogen and oxygen atoms in total. The van der Waals surface area contributed by atoms with Crippen LogP contribution in [0.5, 0.6) is 0 Å². The predicted octanol–water partition coefficient (Wildman–Crippen LogP) is -2.79. The fourth-order valence-corrected chi connectivity index (χ4v) is 3.35. The van der Waals surface area contributed by atoms with Crippen LogP contribution in [0.4, 0.5) is 0 Å². The van der Waals surface area contributed by atoms with E-state index in [4.69, 9.17) is 0 Å². The van der Waals surface area contributed by atoms with E-state index in [0.29, 0.717) is 0 Å². The lowest BCUT2D eigenvalue weighted by atomic mass is 10.0. The van der Waals surface area contributed by atoms with Crippen molar-refractivity contribution in [2.45, 2.75) is 0 Å². The minimum atomic E-state index is -0.820. The molecule has 0 radical (unpaired) electrons. The average Bonchev–Trinajstić information content (AvgIpc) is 2.71. The Bertz CT molecular complexity index is 1570. The highest BCUT2D eigenvalue weighted by Gasteiger charge is 2.25. The summed E-state index contributed by atoms with van der Waals surface area (Å²) in [5.41, 5.74) is -4.91. The third-order valence-electron chi connectivity index (χ3n) is 5.08. The van der Waals surface area contributed by atoms with E-state index < -0.39 is 33.7 Å². The second-order valence-corrected chi connectivity index (χ2v) is 7.03. The lowest BCUT2D eigenvalue weighted by molar-refractivity contribution is 0.668. The molecule has 0 bridgehead atoms. The summed E-state index contributed by atoms with van der Waals surface area (Å²) in [5.74, 6) is 0. The third-order valence-corrected chi connectivity index (χ3v) is 5.08. The van der Waals surface area contributed by atoms with Crippen molar-refractivity contribution in [3.05, 3.63) is 74.9 Å². The normalized spacial score (nSPS) is 11.1. The van der Waals surface area contributed by atoms with Crippen LogP contribution in [0.25, 0.3) is 22.4 Å². The molecule has 3 rings (SSSR count). The van der Waals surface area contributed by atoms with Crippen LogP contribution in [-0.2, 0) is 42.3 Å². The van der Waals surface area contributed by atoms with E-state index in [1.165, 1.54) is 54.7 Å². The number of aryl methyl sites for hydroxylation is 2. The maximum absolute atomic E-state index is 13.1. The third kappa shape index (κ3) is 2.76. The molecular formula is C18H20N6O6. The number of rotatable bonds is 2. The van der Waals surface area contributed by atoms with Gasteiger partial charge in [0.25, 0.3) is 16.7 Å². The van der Waals surface area contributed by atoms with Gasteiger partial charge < -0.3 is 9.13 Å². The Balaban J connectivity index is 2.69. The summed E-state index contributed by atoms with van der Waals surface area (Å²) < 4.78 is 5.76. The summed E-state index contributed by atoms with van der Waals surface area (Å²) in [6.07, 6.45) is 2.39. The molecule has 0 atom stereocenters. The van der Waals surface area contributed by atoms with Crippen LogP contribution in [0.3, 0.4) is 0 Å². The van der Waals surface area contributed by atoms with E-state index in [0.717, 1.165) is 27.4 Å². The zero-order chi connectivity index (χ0) is 22.7. The van der Waals surface area contributed by atoms with Gasteiger partial charge in [0.2, 0.25) is 0 Å². The molecule has 3 aromatic heterocycles. The fourth-order valence-electron chi connectivity index (χ4n) is 3.35. The summed E-state index contributed by atoms with van der Waals surface area (Å²) in [6.45, 7) is 0. The quantitative estimate of drug-likeness (QED) is 0.444. The zero-order valence-corrected chi connectivity index (χ0v) is 17.3. The lowest BCUT2D eigenvalue weighted by Crippen LogP contribution is -2.43. The van der Waals surface area contributed by atoms with Crippen LogP contribution in [0.2, 0.25) is 0 Å². The van der Waals surface area contributed by atoms with E-state index in [2.05, 4.69) is 0 Å². The minimum Gasteiger partial charge on any atom is -0.303 e. The molecule has 0 unspecified atom stereocenters. The van der Waals surface area contributed by atoms with Crippen molar-refractivity contribution >= 4 is 0 Å².